The fourth-order valence-corrected chi connectivity index (χ4v) is 3.03. The first-order valence-corrected chi connectivity index (χ1v) is 8.45. The molecule has 5 nitrogen and oxygen atoms in total. The van der Waals surface area contributed by atoms with Gasteiger partial charge in [-0.15, -0.1) is 6.58 Å². The molecule has 0 fully saturated rings. The Kier molecular flexibility index (Phi) is 6.08. The monoisotopic (exact) mass is 394 g/mol. The Labute approximate surface area is 148 Å². The van der Waals surface area contributed by atoms with Crippen molar-refractivity contribution in [2.24, 2.45) is 0 Å². The van der Waals surface area contributed by atoms with Crippen LogP contribution in [-0.4, -0.2) is 21.1 Å². The van der Waals surface area contributed by atoms with Gasteiger partial charge in [0.05, 0.1) is 10.6 Å². The van der Waals surface area contributed by atoms with E-state index in [9.17, 15) is 18.0 Å². The first kappa shape index (κ1) is 18.6. The second-order valence-corrected chi connectivity index (χ2v) is 6.40. The van der Waals surface area contributed by atoms with E-state index >= 15 is 0 Å². The van der Waals surface area contributed by atoms with E-state index in [1.54, 1.807) is 6.08 Å². The molecule has 0 bridgehead atoms. The Hall–Kier alpha value is -1.78. The first-order valence-electron chi connectivity index (χ1n) is 6.31. The van der Waals surface area contributed by atoms with E-state index in [1.165, 1.54) is 17.8 Å². The van der Waals surface area contributed by atoms with Gasteiger partial charge < -0.3 is 5.32 Å². The molecule has 128 valence electrons. The van der Waals surface area contributed by atoms with Crippen LogP contribution in [0.5, 0.6) is 0 Å². The van der Waals surface area contributed by atoms with Crippen LogP contribution in [0.1, 0.15) is 5.56 Å². The highest BCUT2D eigenvalue weighted by Gasteiger charge is 2.33. The molecule has 0 aliphatic rings. The number of amides is 2. The molecule has 2 N–H and O–H groups in total. The number of rotatable bonds is 5. The van der Waals surface area contributed by atoms with E-state index in [1.807, 2.05) is 0 Å². The fraction of sp³-hybridized carbons (Fsp3) is 0.154. The highest BCUT2D eigenvalue weighted by Crippen LogP contribution is 2.36. The molecule has 0 radical (unpaired) electrons. The molecule has 2 rings (SSSR count). The highest BCUT2D eigenvalue weighted by atomic mass is 35.5. The van der Waals surface area contributed by atoms with Crippen molar-refractivity contribution in [2.75, 3.05) is 16.4 Å². The van der Waals surface area contributed by atoms with Gasteiger partial charge in [0.2, 0.25) is 10.3 Å². The molecule has 24 heavy (non-hydrogen) atoms. The van der Waals surface area contributed by atoms with Gasteiger partial charge in [-0.1, -0.05) is 29.4 Å². The summed E-state index contributed by atoms with van der Waals surface area (Å²) >= 11 is 7.81. The molecule has 0 unspecified atom stereocenters. The summed E-state index contributed by atoms with van der Waals surface area (Å²) in [4.78, 5) is 15.9. The summed E-state index contributed by atoms with van der Waals surface area (Å²) in [7, 11) is 0. The summed E-state index contributed by atoms with van der Waals surface area (Å²) in [6, 6.07) is 2.35. The van der Waals surface area contributed by atoms with Gasteiger partial charge in [-0.3, -0.25) is 5.32 Å². The Bertz CT molecular complexity index is 751. The zero-order valence-electron chi connectivity index (χ0n) is 11.9. The summed E-state index contributed by atoms with van der Waals surface area (Å²) in [6.07, 6.45) is -2.92. The molecular formula is C13H10ClF3N4OS2. The van der Waals surface area contributed by atoms with Gasteiger partial charge in [0, 0.05) is 23.0 Å². The molecule has 0 aliphatic heterocycles. The van der Waals surface area contributed by atoms with Crippen LogP contribution in [0, 0.1) is 0 Å². The maximum atomic E-state index is 12.8. The standard InChI is InChI=1S/C13H10ClF3N4OS2/c1-2-5-23-12-20-11(24-21-12)19-10(22)18-7-3-4-9(14)8(6-7)13(15,16)17/h2-4,6H,1,5H2,(H2,18,19,20,21,22). The van der Waals surface area contributed by atoms with Crippen molar-refractivity contribution >= 4 is 51.7 Å². The minimum atomic E-state index is -4.61. The van der Waals surface area contributed by atoms with E-state index in [0.717, 1.165) is 23.7 Å². The number of urea groups is 1. The molecule has 0 spiro atoms. The Balaban J connectivity index is 2.02. The third kappa shape index (κ3) is 5.11. The van der Waals surface area contributed by atoms with E-state index < -0.39 is 22.8 Å². The molecule has 0 saturated carbocycles. The SMILES string of the molecule is C=CCSc1nsc(NC(=O)Nc2ccc(Cl)c(C(F)(F)F)c2)n1. The topological polar surface area (TPSA) is 66.9 Å². The third-order valence-electron chi connectivity index (χ3n) is 2.49. The van der Waals surface area contributed by atoms with Crippen molar-refractivity contribution < 1.29 is 18.0 Å². The maximum Gasteiger partial charge on any atom is 0.417 e. The van der Waals surface area contributed by atoms with Crippen LogP contribution < -0.4 is 10.6 Å². The number of alkyl halides is 3. The molecule has 0 aliphatic carbocycles. The number of halogens is 4. The number of hydrogen-bond donors (Lipinski definition) is 2. The molecular weight excluding hydrogens is 385 g/mol. The van der Waals surface area contributed by atoms with E-state index in [4.69, 9.17) is 11.6 Å². The van der Waals surface area contributed by atoms with Gasteiger partial charge in [0.15, 0.2) is 0 Å². The Morgan fingerprint density at radius 2 is 2.17 bits per heavy atom. The number of nitrogens with zero attached hydrogens (tertiary/aromatic N) is 2. The van der Waals surface area contributed by atoms with Crippen LogP contribution >= 0.6 is 34.9 Å². The minimum Gasteiger partial charge on any atom is -0.308 e. The molecule has 0 atom stereocenters. The number of benzene rings is 1. The lowest BCUT2D eigenvalue weighted by Gasteiger charge is -2.11. The zero-order chi connectivity index (χ0) is 17.7. The third-order valence-corrected chi connectivity index (χ3v) is 4.41. The van der Waals surface area contributed by atoms with Gasteiger partial charge >= 0.3 is 12.2 Å². The lowest BCUT2D eigenvalue weighted by Crippen LogP contribution is -2.19. The second-order valence-electron chi connectivity index (χ2n) is 4.25. The summed E-state index contributed by atoms with van der Waals surface area (Å²) in [6.45, 7) is 3.57. The molecule has 1 heterocycles. The van der Waals surface area contributed by atoms with Crippen LogP contribution in [0.25, 0.3) is 0 Å². The van der Waals surface area contributed by atoms with E-state index in [0.29, 0.717) is 10.9 Å². The number of nitrogens with one attached hydrogen (secondary N) is 2. The van der Waals surface area contributed by atoms with Crippen molar-refractivity contribution in [3.63, 3.8) is 0 Å². The van der Waals surface area contributed by atoms with Gasteiger partial charge in [-0.2, -0.15) is 22.5 Å². The average Bonchev–Trinajstić information content (AvgIpc) is 2.93. The van der Waals surface area contributed by atoms with Gasteiger partial charge in [-0.25, -0.2) is 4.79 Å². The maximum absolute atomic E-state index is 12.8. The molecule has 2 amide bonds. The number of carbonyl (C=O) groups is 1. The van der Waals surface area contributed by atoms with Crippen LogP contribution in [0.4, 0.5) is 28.8 Å². The summed E-state index contributed by atoms with van der Waals surface area (Å²) < 4.78 is 42.3. The van der Waals surface area contributed by atoms with Crippen LogP contribution in [0.2, 0.25) is 5.02 Å². The number of thioether (sulfide) groups is 1. The predicted octanol–water partition coefficient (Wildman–Crippen LogP) is 5.13. The molecule has 0 saturated heterocycles. The number of aromatic nitrogens is 2. The molecule has 11 heteroatoms. The predicted molar refractivity (Wildman–Crippen MR) is 89.9 cm³/mol. The molecule has 1 aromatic carbocycles. The lowest BCUT2D eigenvalue weighted by molar-refractivity contribution is -0.137. The largest absolute Gasteiger partial charge is 0.417 e. The van der Waals surface area contributed by atoms with Crippen molar-refractivity contribution in [1.82, 2.24) is 9.36 Å². The van der Waals surface area contributed by atoms with Crippen LogP contribution in [0.15, 0.2) is 36.0 Å². The quantitative estimate of drug-likeness (QED) is 0.544. The van der Waals surface area contributed by atoms with Crippen molar-refractivity contribution in [2.45, 2.75) is 11.3 Å². The normalized spacial score (nSPS) is 11.2. The van der Waals surface area contributed by atoms with Gasteiger partial charge in [-0.05, 0) is 18.2 Å². The smallest absolute Gasteiger partial charge is 0.308 e. The van der Waals surface area contributed by atoms with Crippen LogP contribution in [-0.2, 0) is 6.18 Å². The van der Waals surface area contributed by atoms with Crippen molar-refractivity contribution in [3.8, 4) is 0 Å². The second kappa shape index (κ2) is 7.86. The Morgan fingerprint density at radius 1 is 1.42 bits per heavy atom. The summed E-state index contributed by atoms with van der Waals surface area (Å²) in [5.74, 6) is 0.618. The van der Waals surface area contributed by atoms with Crippen molar-refractivity contribution in [1.29, 1.82) is 0 Å². The average molecular weight is 395 g/mol. The minimum absolute atomic E-state index is 0.0463. The summed E-state index contributed by atoms with van der Waals surface area (Å²) in [5, 5.41) is 4.95. The van der Waals surface area contributed by atoms with Gasteiger partial charge in [0.1, 0.15) is 0 Å². The summed E-state index contributed by atoms with van der Waals surface area (Å²) in [5.41, 5.74) is -1.07. The number of hydrogen-bond acceptors (Lipinski definition) is 5. The zero-order valence-corrected chi connectivity index (χ0v) is 14.2. The molecule has 1 aromatic heterocycles. The van der Waals surface area contributed by atoms with E-state index in [-0.39, 0.29) is 10.8 Å². The fourth-order valence-electron chi connectivity index (χ4n) is 1.53. The Morgan fingerprint density at radius 3 is 2.83 bits per heavy atom. The lowest BCUT2D eigenvalue weighted by atomic mass is 10.2. The highest BCUT2D eigenvalue weighted by molar-refractivity contribution is 7.99. The number of anilines is 2. The van der Waals surface area contributed by atoms with Crippen molar-refractivity contribution in [3.05, 3.63) is 41.4 Å². The van der Waals surface area contributed by atoms with Gasteiger partial charge in [0.25, 0.3) is 0 Å². The number of carbonyl (C=O) groups excluding carboxylic acids is 1. The van der Waals surface area contributed by atoms with E-state index in [2.05, 4.69) is 26.6 Å². The first-order chi connectivity index (χ1) is 11.3. The van der Waals surface area contributed by atoms with Crippen LogP contribution in [0.3, 0.4) is 0 Å². The molecule has 2 aromatic rings.